The number of hydrogen-bond donors (Lipinski definition) is 3. The Bertz CT molecular complexity index is 875. The van der Waals surface area contributed by atoms with E-state index in [1.54, 1.807) is 4.90 Å². The van der Waals surface area contributed by atoms with Gasteiger partial charge in [-0.2, -0.15) is 0 Å². The van der Waals surface area contributed by atoms with Gasteiger partial charge < -0.3 is 24.9 Å². The summed E-state index contributed by atoms with van der Waals surface area (Å²) in [6.07, 6.45) is 1.20. The highest BCUT2D eigenvalue weighted by atomic mass is 79.9. The molecule has 4 rings (SSSR count). The fourth-order valence-corrected chi connectivity index (χ4v) is 8.63. The summed E-state index contributed by atoms with van der Waals surface area (Å²) < 4.78 is 7.33. The number of rotatable bonds is 4. The monoisotopic (exact) mass is 496 g/mol. The number of nitrogens with zero attached hydrogens (tertiary/aromatic N) is 1. The molecule has 7 nitrogen and oxygen atoms in total. The minimum atomic E-state index is -2.78. The topological polar surface area (TPSA) is 99.1 Å². The van der Waals surface area contributed by atoms with Crippen LogP contribution in [0, 0.1) is 5.92 Å². The maximum absolute atomic E-state index is 13.2. The first kappa shape index (κ1) is 21.9. The van der Waals surface area contributed by atoms with Gasteiger partial charge >= 0.3 is 0 Å². The lowest BCUT2D eigenvalue weighted by Crippen LogP contribution is -2.44. The van der Waals surface area contributed by atoms with Crippen molar-refractivity contribution in [2.75, 3.05) is 18.5 Å². The highest BCUT2D eigenvalue weighted by molar-refractivity contribution is 9.10. The summed E-state index contributed by atoms with van der Waals surface area (Å²) in [6.45, 7) is 6.20. The number of benzene rings is 1. The number of ether oxygens (including phenoxy) is 1. The molecule has 2 amide bonds. The zero-order chi connectivity index (χ0) is 21.8. The summed E-state index contributed by atoms with van der Waals surface area (Å²) in [5, 5.41) is 12.5. The van der Waals surface area contributed by atoms with Crippen LogP contribution in [0.15, 0.2) is 22.7 Å². The Morgan fingerprint density at radius 2 is 2.17 bits per heavy atom. The van der Waals surface area contributed by atoms with Gasteiger partial charge in [-0.25, -0.2) is 0 Å². The molecule has 3 heterocycles. The number of hydrogen-bond acceptors (Lipinski definition) is 5. The summed E-state index contributed by atoms with van der Waals surface area (Å²) in [6, 6.07) is 5.44. The smallest absolute Gasteiger partial charge is 0.261 e. The normalized spacial score (nSPS) is 33.3. The molecule has 1 aromatic rings. The number of carbonyl (C=O) groups excluding carboxylic acids is 2. The summed E-state index contributed by atoms with van der Waals surface area (Å²) in [7, 11) is -2.78. The molecule has 3 aliphatic heterocycles. The number of fused-ring (bicyclic) bond motifs is 2. The Balaban J connectivity index is 1.69. The van der Waals surface area contributed by atoms with E-state index in [0.29, 0.717) is 12.2 Å². The van der Waals surface area contributed by atoms with Gasteiger partial charge in [0.1, 0.15) is 0 Å². The highest BCUT2D eigenvalue weighted by Gasteiger charge is 2.65. The first-order valence-corrected chi connectivity index (χ1v) is 14.3. The molecule has 164 valence electrons. The van der Waals surface area contributed by atoms with Crippen LogP contribution in [0.1, 0.15) is 31.7 Å². The van der Waals surface area contributed by atoms with Crippen LogP contribution in [0.3, 0.4) is 0 Å². The van der Waals surface area contributed by atoms with Crippen molar-refractivity contribution in [2.45, 2.75) is 62.6 Å². The third-order valence-corrected chi connectivity index (χ3v) is 9.98. The molecule has 2 saturated heterocycles. The molecule has 0 saturated carbocycles. The highest BCUT2D eigenvalue weighted by Crippen LogP contribution is 2.58. The Morgan fingerprint density at radius 3 is 2.83 bits per heavy atom. The van der Waals surface area contributed by atoms with Crippen molar-refractivity contribution in [3.8, 4) is 0 Å². The van der Waals surface area contributed by atoms with Crippen LogP contribution in [-0.4, -0.2) is 60.2 Å². The lowest BCUT2D eigenvalue weighted by Gasteiger charge is -2.32. The van der Waals surface area contributed by atoms with Crippen molar-refractivity contribution in [3.63, 3.8) is 0 Å². The fraction of sp³-hybridized carbons (Fsp3) is 0.619. The molecule has 30 heavy (non-hydrogen) atoms. The van der Waals surface area contributed by atoms with E-state index in [9.17, 15) is 19.5 Å². The molecule has 0 unspecified atom stereocenters. The number of likely N-dealkylation sites (tertiary alicyclic amines) is 1. The predicted octanol–water partition coefficient (Wildman–Crippen LogP) is 2.57. The van der Waals surface area contributed by atoms with E-state index >= 15 is 0 Å². The van der Waals surface area contributed by atoms with Crippen LogP contribution in [-0.2, 0) is 19.9 Å². The predicted molar refractivity (Wildman–Crippen MR) is 118 cm³/mol. The van der Waals surface area contributed by atoms with Gasteiger partial charge in [0.15, 0.2) is 13.9 Å². The minimum Gasteiger partial charge on any atom is -0.432 e. The second-order valence-corrected chi connectivity index (χ2v) is 14.2. The molecule has 9 heteroatoms. The number of anilines is 1. The second kappa shape index (κ2) is 7.70. The maximum atomic E-state index is 13.2. The molecule has 1 spiro atoms. The molecular weight excluding hydrogens is 468 g/mol. The van der Waals surface area contributed by atoms with E-state index in [2.05, 4.69) is 21.2 Å². The second-order valence-electron chi connectivity index (χ2n) is 9.27. The van der Waals surface area contributed by atoms with Crippen LogP contribution in [0.25, 0.3) is 0 Å². The van der Waals surface area contributed by atoms with Crippen LogP contribution >= 0.6 is 15.9 Å². The maximum Gasteiger partial charge on any atom is 0.261 e. The third kappa shape index (κ3) is 3.35. The zero-order valence-corrected chi connectivity index (χ0v) is 20.1. The summed E-state index contributed by atoms with van der Waals surface area (Å²) in [5.74, 6) is -0.614. The zero-order valence-electron chi connectivity index (χ0n) is 17.5. The Hall–Kier alpha value is -1.26. The van der Waals surface area contributed by atoms with Gasteiger partial charge in [-0.3, -0.25) is 9.59 Å². The van der Waals surface area contributed by atoms with E-state index in [0.717, 1.165) is 22.9 Å². The van der Waals surface area contributed by atoms with Crippen molar-refractivity contribution in [1.29, 1.82) is 0 Å². The largest absolute Gasteiger partial charge is 0.432 e. The Morgan fingerprint density at radius 1 is 1.43 bits per heavy atom. The average molecular weight is 497 g/mol. The number of halogens is 1. The van der Waals surface area contributed by atoms with Gasteiger partial charge in [0.25, 0.3) is 5.91 Å². The average Bonchev–Trinajstić information content (AvgIpc) is 3.32. The lowest BCUT2D eigenvalue weighted by atomic mass is 9.82. The van der Waals surface area contributed by atoms with Gasteiger partial charge in [-0.1, -0.05) is 22.9 Å². The van der Waals surface area contributed by atoms with E-state index in [4.69, 9.17) is 4.74 Å². The summed E-state index contributed by atoms with van der Waals surface area (Å²) in [4.78, 5) is 39.1. The summed E-state index contributed by atoms with van der Waals surface area (Å²) in [5.41, 5.74) is -0.0456. The number of aliphatic hydroxyl groups excluding tert-OH is 1. The molecule has 3 aliphatic rings. The van der Waals surface area contributed by atoms with E-state index < -0.39 is 20.0 Å². The molecule has 2 fully saturated rings. The van der Waals surface area contributed by atoms with Crippen molar-refractivity contribution in [3.05, 3.63) is 28.2 Å². The SMILES string of the molecule is C[C@@H]1[C@@H]([Si](C)(C)O)[C@H](CC(=O)N2CCC[C@H]2CO)O[C@@]12C(=O)Nc1ccc(Br)cc12. The van der Waals surface area contributed by atoms with Gasteiger partial charge in [0, 0.05) is 33.7 Å². The molecule has 1 aromatic carbocycles. The number of carbonyl (C=O) groups is 2. The molecule has 5 atom stereocenters. The quantitative estimate of drug-likeness (QED) is 0.556. The van der Waals surface area contributed by atoms with Gasteiger partial charge in [0.05, 0.1) is 25.2 Å². The van der Waals surface area contributed by atoms with Crippen molar-refractivity contribution < 1.29 is 24.2 Å². The fourth-order valence-electron chi connectivity index (χ4n) is 5.71. The third-order valence-electron chi connectivity index (χ3n) is 6.98. The number of amides is 2. The van der Waals surface area contributed by atoms with Crippen molar-refractivity contribution in [2.24, 2.45) is 5.92 Å². The van der Waals surface area contributed by atoms with E-state index in [1.807, 2.05) is 38.2 Å². The first-order valence-electron chi connectivity index (χ1n) is 10.5. The molecule has 0 aliphatic carbocycles. The summed E-state index contributed by atoms with van der Waals surface area (Å²) >= 11 is 3.48. The van der Waals surface area contributed by atoms with Crippen LogP contribution in [0.5, 0.6) is 0 Å². The first-order chi connectivity index (χ1) is 14.1. The molecule has 0 aromatic heterocycles. The van der Waals surface area contributed by atoms with Gasteiger partial charge in [-0.15, -0.1) is 0 Å². The molecule has 0 radical (unpaired) electrons. The number of nitrogens with one attached hydrogen (secondary N) is 1. The van der Waals surface area contributed by atoms with Gasteiger partial charge in [0.2, 0.25) is 5.91 Å². The molecule has 3 N–H and O–H groups in total. The minimum absolute atomic E-state index is 0.0505. The van der Waals surface area contributed by atoms with Crippen LogP contribution in [0.2, 0.25) is 18.6 Å². The number of aliphatic hydroxyl groups is 1. The van der Waals surface area contributed by atoms with Crippen LogP contribution in [0.4, 0.5) is 5.69 Å². The van der Waals surface area contributed by atoms with Crippen molar-refractivity contribution >= 4 is 41.7 Å². The van der Waals surface area contributed by atoms with Crippen molar-refractivity contribution in [1.82, 2.24) is 4.90 Å². The Labute approximate surface area is 186 Å². The van der Waals surface area contributed by atoms with Crippen LogP contribution < -0.4 is 5.32 Å². The Kier molecular flexibility index (Phi) is 5.64. The van der Waals surface area contributed by atoms with E-state index in [1.165, 1.54) is 0 Å². The standard InChI is InChI=1S/C21H29BrN2O5Si/c1-12-19(30(2,3)28)17(10-18(26)24-8-4-5-14(24)11-25)29-21(12)15-9-13(22)6-7-16(15)23-20(21)27/h6-7,9,12,14,17,19,25,28H,4-5,8,10-11H2,1-3H3,(H,23,27)/t12-,14+,17+,19-,21+/m1/s1. The lowest BCUT2D eigenvalue weighted by molar-refractivity contribution is -0.148. The van der Waals surface area contributed by atoms with E-state index in [-0.39, 0.29) is 42.3 Å². The molecular formula is C21H29BrN2O5Si. The van der Waals surface area contributed by atoms with Gasteiger partial charge in [-0.05, 0) is 44.1 Å². The molecule has 0 bridgehead atoms.